The molecule has 4 rings (SSSR count). The van der Waals surface area contributed by atoms with E-state index in [2.05, 4.69) is 17.9 Å². The smallest absolute Gasteiger partial charge is 0.167 e. The van der Waals surface area contributed by atoms with Crippen molar-refractivity contribution in [2.45, 2.75) is 43.9 Å². The van der Waals surface area contributed by atoms with Crippen LogP contribution in [0.15, 0.2) is 42.5 Å². The Morgan fingerprint density at radius 2 is 1.78 bits per heavy atom. The summed E-state index contributed by atoms with van der Waals surface area (Å²) >= 11 is 5.99. The van der Waals surface area contributed by atoms with Gasteiger partial charge in [-0.1, -0.05) is 35.9 Å². The van der Waals surface area contributed by atoms with E-state index in [9.17, 15) is 5.11 Å². The van der Waals surface area contributed by atoms with Gasteiger partial charge in [-0.3, -0.25) is 4.90 Å². The molecular formula is C22H26ClNO3. The van der Waals surface area contributed by atoms with Crippen LogP contribution < -0.4 is 9.47 Å². The van der Waals surface area contributed by atoms with E-state index in [0.29, 0.717) is 17.9 Å². The van der Waals surface area contributed by atoms with Crippen LogP contribution in [-0.4, -0.2) is 35.9 Å². The quantitative estimate of drug-likeness (QED) is 0.848. The fourth-order valence-corrected chi connectivity index (χ4v) is 4.42. The molecule has 1 fully saturated rings. The topological polar surface area (TPSA) is 41.9 Å². The van der Waals surface area contributed by atoms with Gasteiger partial charge in [0.05, 0.1) is 12.7 Å². The van der Waals surface area contributed by atoms with Crippen LogP contribution in [0.4, 0.5) is 0 Å². The molecule has 0 spiro atoms. The van der Waals surface area contributed by atoms with Crippen molar-refractivity contribution in [2.75, 3.05) is 20.2 Å². The highest BCUT2D eigenvalue weighted by Crippen LogP contribution is 2.43. The number of piperidine rings is 1. The number of benzene rings is 2. The molecule has 5 heteroatoms. The lowest BCUT2D eigenvalue weighted by atomic mass is 9.83. The summed E-state index contributed by atoms with van der Waals surface area (Å²) in [6.07, 6.45) is 3.23. The summed E-state index contributed by atoms with van der Waals surface area (Å²) in [5, 5.41) is 11.8. The molecule has 1 unspecified atom stereocenters. The van der Waals surface area contributed by atoms with Crippen molar-refractivity contribution < 1.29 is 14.6 Å². The first kappa shape index (κ1) is 18.6. The number of para-hydroxylation sites is 1. The zero-order chi connectivity index (χ0) is 19.1. The van der Waals surface area contributed by atoms with E-state index in [1.165, 1.54) is 5.56 Å². The lowest BCUT2D eigenvalue weighted by Gasteiger charge is -2.49. The van der Waals surface area contributed by atoms with Gasteiger partial charge in [-0.2, -0.15) is 0 Å². The highest BCUT2D eigenvalue weighted by molar-refractivity contribution is 6.30. The van der Waals surface area contributed by atoms with Crippen molar-refractivity contribution >= 4 is 11.6 Å². The number of aryl methyl sites for hydroxylation is 1. The number of fused-ring (bicyclic) bond motifs is 1. The third-order valence-electron chi connectivity index (χ3n) is 6.10. The average molecular weight is 388 g/mol. The van der Waals surface area contributed by atoms with Crippen LogP contribution in [0.25, 0.3) is 0 Å². The Morgan fingerprint density at radius 3 is 2.44 bits per heavy atom. The Balaban J connectivity index is 1.50. The van der Waals surface area contributed by atoms with Crippen molar-refractivity contribution in [3.63, 3.8) is 0 Å². The second-order valence-electron chi connectivity index (χ2n) is 7.75. The Kier molecular flexibility index (Phi) is 4.83. The second-order valence-corrected chi connectivity index (χ2v) is 8.19. The Bertz CT molecular complexity index is 801. The molecular weight excluding hydrogens is 362 g/mol. The first-order chi connectivity index (χ1) is 12.9. The summed E-state index contributed by atoms with van der Waals surface area (Å²) in [5.41, 5.74) is 0.944. The van der Waals surface area contributed by atoms with Gasteiger partial charge < -0.3 is 14.6 Å². The molecule has 0 radical (unpaired) electrons. The van der Waals surface area contributed by atoms with Gasteiger partial charge in [-0.05, 0) is 55.5 Å². The minimum Gasteiger partial charge on any atom is -0.493 e. The SMILES string of the molecule is COc1cccc2c1OC(C)(N1CCC(O)(c3ccc(Cl)cc3)CC1)CC2. The molecule has 1 saturated heterocycles. The van der Waals surface area contributed by atoms with E-state index in [-0.39, 0.29) is 5.72 Å². The van der Waals surface area contributed by atoms with E-state index in [4.69, 9.17) is 21.1 Å². The maximum Gasteiger partial charge on any atom is 0.167 e. The molecule has 2 aromatic carbocycles. The number of aliphatic hydroxyl groups is 1. The Morgan fingerprint density at radius 1 is 1.07 bits per heavy atom. The maximum atomic E-state index is 11.1. The van der Waals surface area contributed by atoms with Gasteiger partial charge in [0, 0.05) is 24.5 Å². The molecule has 1 atom stereocenters. The van der Waals surface area contributed by atoms with E-state index in [1.54, 1.807) is 7.11 Å². The molecule has 2 aliphatic rings. The normalized spacial score (nSPS) is 24.7. The summed E-state index contributed by atoms with van der Waals surface area (Å²) < 4.78 is 12.0. The van der Waals surface area contributed by atoms with Crippen molar-refractivity contribution in [1.29, 1.82) is 0 Å². The van der Waals surface area contributed by atoms with Crippen LogP contribution in [0.3, 0.4) is 0 Å². The fourth-order valence-electron chi connectivity index (χ4n) is 4.29. The fraction of sp³-hybridized carbons (Fsp3) is 0.455. The van der Waals surface area contributed by atoms with Crippen molar-refractivity contribution in [1.82, 2.24) is 4.90 Å². The standard InChI is InChI=1S/C22H26ClNO3/c1-21(11-10-16-4-3-5-19(26-2)20(16)27-21)24-14-12-22(25,13-15-24)17-6-8-18(23)9-7-17/h3-9,25H,10-15H2,1-2H3. The molecule has 2 aliphatic heterocycles. The van der Waals surface area contributed by atoms with Crippen molar-refractivity contribution in [3.8, 4) is 11.5 Å². The molecule has 4 nitrogen and oxygen atoms in total. The molecule has 0 amide bonds. The van der Waals surface area contributed by atoms with Crippen LogP contribution in [-0.2, 0) is 12.0 Å². The third kappa shape index (κ3) is 3.42. The Hall–Kier alpha value is -1.75. The summed E-state index contributed by atoms with van der Waals surface area (Å²) in [4.78, 5) is 2.35. The monoisotopic (exact) mass is 387 g/mol. The zero-order valence-electron chi connectivity index (χ0n) is 15.9. The van der Waals surface area contributed by atoms with Crippen molar-refractivity contribution in [2.24, 2.45) is 0 Å². The summed E-state index contributed by atoms with van der Waals surface area (Å²) in [5.74, 6) is 1.64. The zero-order valence-corrected chi connectivity index (χ0v) is 16.6. The highest BCUT2D eigenvalue weighted by atomic mass is 35.5. The predicted molar refractivity (Wildman–Crippen MR) is 107 cm³/mol. The van der Waals surface area contributed by atoms with Crippen LogP contribution in [0.1, 0.15) is 37.3 Å². The van der Waals surface area contributed by atoms with Crippen LogP contribution in [0.5, 0.6) is 11.5 Å². The minimum atomic E-state index is -0.804. The van der Waals surface area contributed by atoms with Gasteiger partial charge in [0.25, 0.3) is 0 Å². The first-order valence-corrected chi connectivity index (χ1v) is 9.90. The van der Waals surface area contributed by atoms with Crippen LogP contribution in [0, 0.1) is 0 Å². The van der Waals surface area contributed by atoms with Gasteiger partial charge in [-0.15, -0.1) is 0 Å². The van der Waals surface area contributed by atoms with Crippen LogP contribution >= 0.6 is 11.6 Å². The number of likely N-dealkylation sites (tertiary alicyclic amines) is 1. The minimum absolute atomic E-state index is 0.386. The average Bonchev–Trinajstić information content (AvgIpc) is 2.68. The number of hydrogen-bond acceptors (Lipinski definition) is 4. The summed E-state index contributed by atoms with van der Waals surface area (Å²) in [7, 11) is 1.68. The molecule has 2 heterocycles. The van der Waals surface area contributed by atoms with E-state index >= 15 is 0 Å². The number of nitrogens with zero attached hydrogens (tertiary/aromatic N) is 1. The van der Waals surface area contributed by atoms with Gasteiger partial charge in [0.2, 0.25) is 0 Å². The third-order valence-corrected chi connectivity index (χ3v) is 6.35. The molecule has 27 heavy (non-hydrogen) atoms. The van der Waals surface area contributed by atoms with Crippen molar-refractivity contribution in [3.05, 3.63) is 58.6 Å². The lowest BCUT2D eigenvalue weighted by molar-refractivity contribution is -0.128. The molecule has 0 saturated carbocycles. The van der Waals surface area contributed by atoms with Gasteiger partial charge in [-0.25, -0.2) is 0 Å². The molecule has 2 aromatic rings. The number of rotatable bonds is 3. The molecule has 0 bridgehead atoms. The molecule has 0 aliphatic carbocycles. The van der Waals surface area contributed by atoms with E-state index in [1.807, 2.05) is 36.4 Å². The molecule has 0 aromatic heterocycles. The number of hydrogen-bond donors (Lipinski definition) is 1. The Labute approximate surface area is 165 Å². The second kappa shape index (κ2) is 7.01. The lowest BCUT2D eigenvalue weighted by Crippen LogP contribution is -2.57. The summed E-state index contributed by atoms with van der Waals surface area (Å²) in [6.45, 7) is 3.70. The molecule has 1 N–H and O–H groups in total. The molecule has 144 valence electrons. The van der Waals surface area contributed by atoms with Gasteiger partial charge >= 0.3 is 0 Å². The van der Waals surface area contributed by atoms with E-state index < -0.39 is 5.60 Å². The number of ether oxygens (including phenoxy) is 2. The predicted octanol–water partition coefficient (Wildman–Crippen LogP) is 4.37. The summed E-state index contributed by atoms with van der Waals surface area (Å²) in [6, 6.07) is 13.6. The van der Waals surface area contributed by atoms with Crippen LogP contribution in [0.2, 0.25) is 5.02 Å². The van der Waals surface area contributed by atoms with Gasteiger partial charge in [0.15, 0.2) is 17.2 Å². The maximum absolute atomic E-state index is 11.1. The highest BCUT2D eigenvalue weighted by Gasteiger charge is 2.43. The number of methoxy groups -OCH3 is 1. The largest absolute Gasteiger partial charge is 0.493 e. The number of halogens is 1. The van der Waals surface area contributed by atoms with Gasteiger partial charge in [0.1, 0.15) is 0 Å². The van der Waals surface area contributed by atoms with E-state index in [0.717, 1.165) is 43.0 Å². The first-order valence-electron chi connectivity index (χ1n) is 9.52.